The highest BCUT2D eigenvalue weighted by molar-refractivity contribution is 8.02. The first kappa shape index (κ1) is 31.0. The number of fused-ring (bicyclic) bond motifs is 1. The minimum absolute atomic E-state index is 0.142. The van der Waals surface area contributed by atoms with Crippen molar-refractivity contribution in [3.8, 4) is 11.3 Å². The summed E-state index contributed by atoms with van der Waals surface area (Å²) in [5, 5.41) is 31.0. The van der Waals surface area contributed by atoms with Crippen LogP contribution in [0.3, 0.4) is 0 Å². The number of Topliss-reactive ketones (excluding diaryl/α,β-unsaturated/α-hetero) is 1. The van der Waals surface area contributed by atoms with Crippen LogP contribution in [-0.2, 0) is 19.2 Å². The lowest BCUT2D eigenvalue weighted by Crippen LogP contribution is -2.70. The fourth-order valence-corrected chi connectivity index (χ4v) is 8.99. The van der Waals surface area contributed by atoms with Gasteiger partial charge in [0.15, 0.2) is 5.78 Å². The maximum atomic E-state index is 13.8. The number of hydrogen-bond acceptors (Lipinski definition) is 11. The average molecular weight is 632 g/mol. The number of aryl methyl sites for hydroxylation is 1. The van der Waals surface area contributed by atoms with Crippen LogP contribution in [0.1, 0.15) is 43.8 Å². The molecule has 15 heteroatoms. The Hall–Kier alpha value is -3.40. The van der Waals surface area contributed by atoms with E-state index in [4.69, 9.17) is 4.52 Å². The van der Waals surface area contributed by atoms with Crippen LogP contribution in [0.5, 0.6) is 0 Å². The number of rotatable bonds is 10. The molecule has 2 aromatic rings. The third-order valence-corrected chi connectivity index (χ3v) is 11.0. The number of aliphatic carboxylic acids is 2. The van der Waals surface area contributed by atoms with Crippen LogP contribution in [0, 0.1) is 6.92 Å². The summed E-state index contributed by atoms with van der Waals surface area (Å²) in [6, 6.07) is 4.97. The number of thioether (sulfide) groups is 2. The molecule has 0 saturated carbocycles. The van der Waals surface area contributed by atoms with Crippen LogP contribution in [-0.4, -0.2) is 101 Å². The van der Waals surface area contributed by atoms with E-state index in [-0.39, 0.29) is 17.9 Å². The zero-order valence-electron chi connectivity index (χ0n) is 24.1. The van der Waals surface area contributed by atoms with Gasteiger partial charge in [0, 0.05) is 15.1 Å². The number of benzene rings is 1. The van der Waals surface area contributed by atoms with Crippen molar-refractivity contribution in [3.05, 3.63) is 41.7 Å². The van der Waals surface area contributed by atoms with Gasteiger partial charge in [-0.15, -0.1) is 23.5 Å². The zero-order valence-corrected chi connectivity index (χ0v) is 25.7. The summed E-state index contributed by atoms with van der Waals surface area (Å²) in [6.45, 7) is 8.25. The van der Waals surface area contributed by atoms with Gasteiger partial charge in [-0.1, -0.05) is 35.5 Å². The molecule has 0 unspecified atom stereocenters. The highest BCUT2D eigenvalue weighted by atomic mass is 32.2. The lowest BCUT2D eigenvalue weighted by Gasteiger charge is -2.43. The Bertz CT molecular complexity index is 1480. The molecule has 3 fully saturated rings. The van der Waals surface area contributed by atoms with Gasteiger partial charge in [0.1, 0.15) is 46.6 Å². The number of carbonyl (C=O) groups is 5. The Morgan fingerprint density at radius 3 is 2.35 bits per heavy atom. The van der Waals surface area contributed by atoms with Crippen molar-refractivity contribution in [1.82, 2.24) is 26.0 Å². The molecular weight excluding hydrogens is 598 g/mol. The van der Waals surface area contributed by atoms with Crippen molar-refractivity contribution in [2.75, 3.05) is 6.54 Å². The fraction of sp³-hybridized carbons (Fsp3) is 0.500. The largest absolute Gasteiger partial charge is 0.480 e. The van der Waals surface area contributed by atoms with Gasteiger partial charge in [0.05, 0.1) is 11.9 Å². The Kier molecular flexibility index (Phi) is 8.13. The number of carboxylic acids is 2. The first-order valence-electron chi connectivity index (χ1n) is 13.6. The summed E-state index contributed by atoms with van der Waals surface area (Å²) in [7, 11) is 0. The van der Waals surface area contributed by atoms with Gasteiger partial charge in [-0.2, -0.15) is 0 Å². The molecule has 6 atom stereocenters. The summed E-state index contributed by atoms with van der Waals surface area (Å²) in [5.74, 6) is -3.48. The van der Waals surface area contributed by atoms with Crippen molar-refractivity contribution in [1.29, 1.82) is 0 Å². The third-order valence-electron chi connectivity index (χ3n) is 7.95. The standard InChI is InChI=1S/C28H33N5O8S2/c1-12-15(16(32-41-12)13-9-7-6-8-10-13)21(35)30-17(22-31-19(25(37)38)27(2,3)42-22)14(34)11-29-18-23(36)33-20(26(39)40)28(4,5)43-24(18)33/h6-10,17-20,22,24,29,31H,11H2,1-5H3,(H,30,35)(H,37,38)(H,39,40)/t17-,18-,19+,20+,22-,24-/m1/s1. The average Bonchev–Trinajstić information content (AvgIpc) is 3.55. The predicted octanol–water partition coefficient (Wildman–Crippen LogP) is 1.32. The summed E-state index contributed by atoms with van der Waals surface area (Å²) >= 11 is 2.57. The first-order chi connectivity index (χ1) is 20.1. The SMILES string of the molecule is Cc1onc(-c2ccccc2)c1C(=O)N[C@H](C(=O)CN[C@@H]1C(=O)N2[C@@H]1SC(C)(C)[C@@H]2C(=O)O)[C@@H]1N[C@@H](C(=O)O)C(C)(C)S1. The number of carboxylic acid groups (broad SMARTS) is 2. The molecule has 2 amide bonds. The molecule has 3 aliphatic rings. The second-order valence-electron chi connectivity index (χ2n) is 11.8. The van der Waals surface area contributed by atoms with Crippen LogP contribution < -0.4 is 16.0 Å². The van der Waals surface area contributed by atoms with Crippen molar-refractivity contribution >= 4 is 53.1 Å². The Morgan fingerprint density at radius 2 is 1.74 bits per heavy atom. The Morgan fingerprint density at radius 1 is 1.07 bits per heavy atom. The highest BCUT2D eigenvalue weighted by Crippen LogP contribution is 2.50. The van der Waals surface area contributed by atoms with Gasteiger partial charge in [-0.3, -0.25) is 29.8 Å². The third kappa shape index (κ3) is 5.54. The van der Waals surface area contributed by atoms with Crippen LogP contribution in [0.4, 0.5) is 0 Å². The molecule has 0 radical (unpaired) electrons. The molecule has 0 aliphatic carbocycles. The molecule has 4 heterocycles. The second-order valence-corrected chi connectivity index (χ2v) is 15.3. The monoisotopic (exact) mass is 631 g/mol. The Labute approximate surface area is 255 Å². The van der Waals surface area contributed by atoms with Crippen molar-refractivity contribution < 1.29 is 38.7 Å². The van der Waals surface area contributed by atoms with Gasteiger partial charge < -0.3 is 25.0 Å². The van der Waals surface area contributed by atoms with E-state index in [1.165, 1.54) is 28.4 Å². The van der Waals surface area contributed by atoms with Crippen molar-refractivity contribution in [2.45, 2.75) is 79.0 Å². The number of amides is 2. The van der Waals surface area contributed by atoms with E-state index in [0.717, 1.165) is 0 Å². The van der Waals surface area contributed by atoms with E-state index in [1.807, 2.05) is 6.07 Å². The van der Waals surface area contributed by atoms with Crippen molar-refractivity contribution in [3.63, 3.8) is 0 Å². The number of ketones is 1. The van der Waals surface area contributed by atoms with Crippen LogP contribution in [0.2, 0.25) is 0 Å². The molecule has 43 heavy (non-hydrogen) atoms. The topological polar surface area (TPSA) is 191 Å². The highest BCUT2D eigenvalue weighted by Gasteiger charge is 2.63. The molecule has 5 rings (SSSR count). The van der Waals surface area contributed by atoms with E-state index < -0.39 is 73.9 Å². The maximum Gasteiger partial charge on any atom is 0.327 e. The number of nitrogens with zero attached hydrogens (tertiary/aromatic N) is 2. The molecule has 3 saturated heterocycles. The van der Waals surface area contributed by atoms with Crippen molar-refractivity contribution in [2.24, 2.45) is 0 Å². The number of aromatic nitrogens is 1. The minimum Gasteiger partial charge on any atom is -0.480 e. The van der Waals surface area contributed by atoms with Gasteiger partial charge in [0.2, 0.25) is 5.91 Å². The van der Waals surface area contributed by atoms with E-state index in [0.29, 0.717) is 11.3 Å². The second kappa shape index (κ2) is 11.3. The lowest BCUT2D eigenvalue weighted by molar-refractivity contribution is -0.160. The van der Waals surface area contributed by atoms with Gasteiger partial charge in [-0.25, -0.2) is 4.79 Å². The predicted molar refractivity (Wildman–Crippen MR) is 158 cm³/mol. The smallest absolute Gasteiger partial charge is 0.327 e. The summed E-state index contributed by atoms with van der Waals surface area (Å²) in [6.07, 6.45) is 0. The fourth-order valence-electron chi connectivity index (χ4n) is 5.82. The molecule has 230 valence electrons. The van der Waals surface area contributed by atoms with E-state index in [9.17, 15) is 34.2 Å². The zero-order chi connectivity index (χ0) is 31.4. The van der Waals surface area contributed by atoms with Crippen LogP contribution >= 0.6 is 23.5 Å². The molecule has 1 aromatic carbocycles. The summed E-state index contributed by atoms with van der Waals surface area (Å²) in [5.41, 5.74) is 1.08. The van der Waals surface area contributed by atoms with Crippen LogP contribution in [0.25, 0.3) is 11.3 Å². The summed E-state index contributed by atoms with van der Waals surface area (Å²) in [4.78, 5) is 65.5. The molecule has 13 nitrogen and oxygen atoms in total. The Balaban J connectivity index is 1.37. The number of hydrogen-bond donors (Lipinski definition) is 5. The number of nitrogens with one attached hydrogen (secondary N) is 3. The van der Waals surface area contributed by atoms with E-state index in [1.54, 1.807) is 58.9 Å². The molecule has 3 aliphatic heterocycles. The molecule has 0 spiro atoms. The minimum atomic E-state index is -1.20. The lowest BCUT2D eigenvalue weighted by atomic mass is 9.96. The molecule has 5 N–H and O–H groups in total. The molecule has 0 bridgehead atoms. The first-order valence-corrected chi connectivity index (χ1v) is 15.4. The van der Waals surface area contributed by atoms with Gasteiger partial charge >= 0.3 is 11.9 Å². The molecular formula is C28H33N5O8S2. The van der Waals surface area contributed by atoms with E-state index in [2.05, 4.69) is 21.1 Å². The number of carbonyl (C=O) groups excluding carboxylic acids is 3. The quantitative estimate of drug-likeness (QED) is 0.236. The van der Waals surface area contributed by atoms with Crippen LogP contribution in [0.15, 0.2) is 34.9 Å². The number of β-lactam (4-membered cyclic amide) rings is 1. The maximum absolute atomic E-state index is 13.8. The van der Waals surface area contributed by atoms with E-state index >= 15 is 0 Å². The van der Waals surface area contributed by atoms with Gasteiger partial charge in [0.25, 0.3) is 5.91 Å². The molecule has 1 aromatic heterocycles. The normalized spacial score (nSPS) is 27.7. The summed E-state index contributed by atoms with van der Waals surface area (Å²) < 4.78 is 3.79. The van der Waals surface area contributed by atoms with Gasteiger partial charge in [-0.05, 0) is 34.6 Å².